The second kappa shape index (κ2) is 5.68. The Morgan fingerprint density at radius 2 is 1.90 bits per heavy atom. The van der Waals surface area contributed by atoms with Gasteiger partial charge in [0.25, 0.3) is 0 Å². The van der Waals surface area contributed by atoms with Gasteiger partial charge < -0.3 is 10.1 Å². The van der Waals surface area contributed by atoms with Crippen LogP contribution in [0.5, 0.6) is 5.75 Å². The maximum absolute atomic E-state index is 5.36. The summed E-state index contributed by atoms with van der Waals surface area (Å²) in [5.74, 6) is 1.38. The molecule has 2 aromatic rings. The lowest BCUT2D eigenvalue weighted by molar-refractivity contribution is 0.410. The Morgan fingerprint density at radius 3 is 2.60 bits per heavy atom. The zero-order valence-corrected chi connectivity index (χ0v) is 12.1. The van der Waals surface area contributed by atoms with Gasteiger partial charge in [-0.1, -0.05) is 36.4 Å². The van der Waals surface area contributed by atoms with E-state index in [1.807, 2.05) is 0 Å². The lowest BCUT2D eigenvalue weighted by Gasteiger charge is -2.34. The molecule has 1 N–H and O–H groups in total. The first kappa shape index (κ1) is 13.2. The molecule has 0 radical (unpaired) electrons. The van der Waals surface area contributed by atoms with Crippen LogP contribution in [-0.2, 0) is 6.42 Å². The molecule has 0 saturated carbocycles. The van der Waals surface area contributed by atoms with Gasteiger partial charge in [0.05, 0.1) is 7.11 Å². The van der Waals surface area contributed by atoms with Crippen LogP contribution in [0.2, 0.25) is 0 Å². The Morgan fingerprint density at radius 1 is 1.10 bits per heavy atom. The molecular weight excluding hydrogens is 246 g/mol. The summed E-state index contributed by atoms with van der Waals surface area (Å²) in [6.45, 7) is 0. The van der Waals surface area contributed by atoms with Gasteiger partial charge in [0.1, 0.15) is 5.75 Å². The van der Waals surface area contributed by atoms with Gasteiger partial charge in [-0.2, -0.15) is 0 Å². The molecule has 2 nitrogen and oxygen atoms in total. The Bertz CT molecular complexity index is 579. The molecule has 0 bridgehead atoms. The van der Waals surface area contributed by atoms with Gasteiger partial charge >= 0.3 is 0 Å². The fourth-order valence-corrected chi connectivity index (χ4v) is 3.31. The fraction of sp³-hybridized carbons (Fsp3) is 0.333. The Kier molecular flexibility index (Phi) is 3.75. The Balaban J connectivity index is 2.07. The largest absolute Gasteiger partial charge is 0.497 e. The standard InChI is InChI=1S/C18H21NO/c1-19-17-11-8-14-12-15(20-2)9-10-16(14)18(17)13-6-4-3-5-7-13/h3-7,9-10,12,17-19H,8,11H2,1-2H3/t17-,18+/m1/s1. The second-order valence-electron chi connectivity index (χ2n) is 5.39. The summed E-state index contributed by atoms with van der Waals surface area (Å²) >= 11 is 0. The molecule has 0 heterocycles. The molecule has 3 rings (SSSR count). The molecule has 1 aliphatic carbocycles. The molecule has 2 aromatic carbocycles. The SMILES string of the molecule is CN[C@@H]1CCc2cc(OC)ccc2[C@@H]1c1ccccc1. The lowest BCUT2D eigenvalue weighted by atomic mass is 9.75. The van der Waals surface area contributed by atoms with E-state index >= 15 is 0 Å². The second-order valence-corrected chi connectivity index (χ2v) is 5.39. The quantitative estimate of drug-likeness (QED) is 0.920. The molecule has 104 valence electrons. The molecule has 0 aromatic heterocycles. The van der Waals surface area contributed by atoms with Crippen LogP contribution < -0.4 is 10.1 Å². The molecule has 0 spiro atoms. The average molecular weight is 267 g/mol. The normalized spacial score (nSPS) is 21.3. The van der Waals surface area contributed by atoms with Gasteiger partial charge in [-0.05, 0) is 48.7 Å². The number of rotatable bonds is 3. The van der Waals surface area contributed by atoms with Crippen LogP contribution in [0, 0.1) is 0 Å². The highest BCUT2D eigenvalue weighted by Gasteiger charge is 2.29. The van der Waals surface area contributed by atoms with E-state index in [-0.39, 0.29) is 0 Å². The van der Waals surface area contributed by atoms with Crippen molar-refractivity contribution in [3.8, 4) is 5.75 Å². The topological polar surface area (TPSA) is 21.3 Å². The van der Waals surface area contributed by atoms with Crippen molar-refractivity contribution in [1.82, 2.24) is 5.32 Å². The summed E-state index contributed by atoms with van der Waals surface area (Å²) in [5.41, 5.74) is 4.24. The van der Waals surface area contributed by atoms with E-state index in [1.54, 1.807) is 7.11 Å². The van der Waals surface area contributed by atoms with Crippen molar-refractivity contribution in [1.29, 1.82) is 0 Å². The highest BCUT2D eigenvalue weighted by Crippen LogP contribution is 2.38. The third-order valence-electron chi connectivity index (χ3n) is 4.34. The molecular formula is C18H21NO. The Hall–Kier alpha value is -1.80. The van der Waals surface area contributed by atoms with Crippen molar-refractivity contribution >= 4 is 0 Å². The smallest absolute Gasteiger partial charge is 0.119 e. The van der Waals surface area contributed by atoms with Crippen molar-refractivity contribution in [2.75, 3.05) is 14.2 Å². The first-order valence-corrected chi connectivity index (χ1v) is 7.22. The molecule has 0 aliphatic heterocycles. The predicted octanol–water partition coefficient (Wildman–Crippen LogP) is 3.36. The highest BCUT2D eigenvalue weighted by atomic mass is 16.5. The fourth-order valence-electron chi connectivity index (χ4n) is 3.31. The first-order chi connectivity index (χ1) is 9.83. The third kappa shape index (κ3) is 2.32. The third-order valence-corrected chi connectivity index (χ3v) is 4.34. The van der Waals surface area contributed by atoms with E-state index in [4.69, 9.17) is 4.74 Å². The molecule has 0 fully saturated rings. The molecule has 2 atom stereocenters. The van der Waals surface area contributed by atoms with Gasteiger partial charge in [0.15, 0.2) is 0 Å². The van der Waals surface area contributed by atoms with Gasteiger partial charge in [-0.25, -0.2) is 0 Å². The number of nitrogens with one attached hydrogen (secondary N) is 1. The van der Waals surface area contributed by atoms with E-state index in [0.29, 0.717) is 12.0 Å². The van der Waals surface area contributed by atoms with E-state index in [2.05, 4.69) is 60.9 Å². The van der Waals surface area contributed by atoms with Crippen molar-refractivity contribution in [3.63, 3.8) is 0 Å². The van der Waals surface area contributed by atoms with Crippen molar-refractivity contribution in [2.24, 2.45) is 0 Å². The predicted molar refractivity (Wildman–Crippen MR) is 82.4 cm³/mol. The zero-order valence-electron chi connectivity index (χ0n) is 12.1. The monoisotopic (exact) mass is 267 g/mol. The minimum Gasteiger partial charge on any atom is -0.497 e. The summed E-state index contributed by atoms with van der Waals surface area (Å²) in [7, 11) is 3.80. The van der Waals surface area contributed by atoms with Gasteiger partial charge in [-0.15, -0.1) is 0 Å². The minimum absolute atomic E-state index is 0.427. The average Bonchev–Trinajstić information content (AvgIpc) is 2.53. The molecule has 0 saturated heterocycles. The van der Waals surface area contributed by atoms with E-state index in [9.17, 15) is 0 Å². The van der Waals surface area contributed by atoms with Crippen LogP contribution >= 0.6 is 0 Å². The summed E-state index contributed by atoms with van der Waals surface area (Å²) in [4.78, 5) is 0. The number of likely N-dealkylation sites (N-methyl/N-ethyl adjacent to an activating group) is 1. The first-order valence-electron chi connectivity index (χ1n) is 7.22. The summed E-state index contributed by atoms with van der Waals surface area (Å²) in [5, 5.41) is 3.49. The van der Waals surface area contributed by atoms with E-state index in [0.717, 1.165) is 18.6 Å². The maximum atomic E-state index is 5.36. The number of benzene rings is 2. The molecule has 0 unspecified atom stereocenters. The van der Waals surface area contributed by atoms with Gasteiger partial charge in [-0.3, -0.25) is 0 Å². The van der Waals surface area contributed by atoms with Crippen molar-refractivity contribution in [3.05, 3.63) is 65.2 Å². The van der Waals surface area contributed by atoms with E-state index in [1.165, 1.54) is 16.7 Å². The van der Waals surface area contributed by atoms with Crippen LogP contribution in [0.25, 0.3) is 0 Å². The van der Waals surface area contributed by atoms with Crippen LogP contribution in [-0.4, -0.2) is 20.2 Å². The van der Waals surface area contributed by atoms with Crippen molar-refractivity contribution < 1.29 is 4.74 Å². The molecule has 20 heavy (non-hydrogen) atoms. The van der Waals surface area contributed by atoms with Crippen LogP contribution in [0.3, 0.4) is 0 Å². The number of hydrogen-bond acceptors (Lipinski definition) is 2. The summed E-state index contributed by atoms with van der Waals surface area (Å²) in [6.07, 6.45) is 2.28. The maximum Gasteiger partial charge on any atom is 0.119 e. The highest BCUT2D eigenvalue weighted by molar-refractivity contribution is 5.45. The summed E-state index contributed by atoms with van der Waals surface area (Å²) < 4.78 is 5.36. The zero-order chi connectivity index (χ0) is 13.9. The van der Waals surface area contributed by atoms with Crippen LogP contribution in [0.1, 0.15) is 29.0 Å². The number of ether oxygens (including phenoxy) is 1. The van der Waals surface area contributed by atoms with Gasteiger partial charge in [0.2, 0.25) is 0 Å². The Labute approximate surface area is 120 Å². The van der Waals surface area contributed by atoms with Crippen LogP contribution in [0.4, 0.5) is 0 Å². The number of aryl methyl sites for hydroxylation is 1. The van der Waals surface area contributed by atoms with Crippen molar-refractivity contribution in [2.45, 2.75) is 24.8 Å². The molecule has 0 amide bonds. The van der Waals surface area contributed by atoms with Gasteiger partial charge in [0, 0.05) is 12.0 Å². The molecule has 1 aliphatic rings. The van der Waals surface area contributed by atoms with Crippen LogP contribution in [0.15, 0.2) is 48.5 Å². The minimum atomic E-state index is 0.427. The molecule has 2 heteroatoms. The van der Waals surface area contributed by atoms with E-state index < -0.39 is 0 Å². The summed E-state index contributed by atoms with van der Waals surface area (Å²) in [6, 6.07) is 17.8. The number of hydrogen-bond donors (Lipinski definition) is 1. The number of fused-ring (bicyclic) bond motifs is 1. The lowest BCUT2D eigenvalue weighted by Crippen LogP contribution is -2.36. The number of methoxy groups -OCH3 is 1.